The lowest BCUT2D eigenvalue weighted by Crippen LogP contribution is -2.46. The monoisotopic (exact) mass is 381 g/mol. The SMILES string of the molecule is COc1ccccc1CC1(C)NC(=O)N(CC(=O)NCc2ccccc2)C1=O. The van der Waals surface area contributed by atoms with Crippen LogP contribution in [-0.4, -0.2) is 41.9 Å². The van der Waals surface area contributed by atoms with Crippen molar-refractivity contribution in [1.29, 1.82) is 0 Å². The second kappa shape index (κ2) is 8.12. The largest absolute Gasteiger partial charge is 0.496 e. The number of hydrogen-bond donors (Lipinski definition) is 2. The van der Waals surface area contributed by atoms with Gasteiger partial charge in [-0.05, 0) is 24.1 Å². The van der Waals surface area contributed by atoms with Gasteiger partial charge in [0.05, 0.1) is 7.11 Å². The van der Waals surface area contributed by atoms with Gasteiger partial charge >= 0.3 is 6.03 Å². The lowest BCUT2D eigenvalue weighted by molar-refractivity contribution is -0.134. The molecule has 146 valence electrons. The van der Waals surface area contributed by atoms with Crippen molar-refractivity contribution in [2.24, 2.45) is 0 Å². The van der Waals surface area contributed by atoms with Gasteiger partial charge in [-0.15, -0.1) is 0 Å². The molecule has 0 radical (unpaired) electrons. The number of ether oxygens (including phenoxy) is 1. The number of para-hydroxylation sites is 1. The third-order valence-electron chi connectivity index (χ3n) is 4.72. The van der Waals surface area contributed by atoms with Crippen LogP contribution in [-0.2, 0) is 22.6 Å². The van der Waals surface area contributed by atoms with Crippen molar-refractivity contribution in [2.45, 2.75) is 25.4 Å². The summed E-state index contributed by atoms with van der Waals surface area (Å²) in [4.78, 5) is 38.4. The molecule has 0 saturated carbocycles. The van der Waals surface area contributed by atoms with E-state index in [0.717, 1.165) is 16.0 Å². The fourth-order valence-electron chi connectivity index (χ4n) is 3.24. The minimum Gasteiger partial charge on any atom is -0.496 e. The molecule has 1 atom stereocenters. The number of imide groups is 1. The Morgan fingerprint density at radius 1 is 1.11 bits per heavy atom. The van der Waals surface area contributed by atoms with E-state index >= 15 is 0 Å². The first-order valence-corrected chi connectivity index (χ1v) is 8.99. The highest BCUT2D eigenvalue weighted by molar-refractivity contribution is 6.09. The molecule has 0 aliphatic carbocycles. The number of amides is 4. The van der Waals surface area contributed by atoms with Gasteiger partial charge in [0.1, 0.15) is 17.8 Å². The molecule has 7 nitrogen and oxygen atoms in total. The van der Waals surface area contributed by atoms with Crippen LogP contribution in [0.3, 0.4) is 0 Å². The van der Waals surface area contributed by atoms with Crippen LogP contribution >= 0.6 is 0 Å². The summed E-state index contributed by atoms with van der Waals surface area (Å²) in [6.45, 7) is 1.67. The maximum absolute atomic E-state index is 12.9. The molecule has 28 heavy (non-hydrogen) atoms. The van der Waals surface area contributed by atoms with Crippen LogP contribution in [0.5, 0.6) is 5.75 Å². The fourth-order valence-corrected chi connectivity index (χ4v) is 3.24. The first-order valence-electron chi connectivity index (χ1n) is 8.99. The number of carbonyl (C=O) groups is 3. The van der Waals surface area contributed by atoms with Gasteiger partial charge < -0.3 is 15.4 Å². The third-order valence-corrected chi connectivity index (χ3v) is 4.72. The van der Waals surface area contributed by atoms with E-state index in [0.29, 0.717) is 12.3 Å². The van der Waals surface area contributed by atoms with E-state index in [1.807, 2.05) is 48.5 Å². The van der Waals surface area contributed by atoms with Gasteiger partial charge in [-0.3, -0.25) is 14.5 Å². The molecule has 0 aromatic heterocycles. The minimum absolute atomic E-state index is 0.268. The Kier molecular flexibility index (Phi) is 5.63. The zero-order valence-corrected chi connectivity index (χ0v) is 15.9. The van der Waals surface area contributed by atoms with Gasteiger partial charge in [0.25, 0.3) is 5.91 Å². The Bertz CT molecular complexity index is 884. The molecule has 1 heterocycles. The summed E-state index contributed by atoms with van der Waals surface area (Å²) in [5, 5.41) is 5.44. The Morgan fingerprint density at radius 3 is 2.50 bits per heavy atom. The van der Waals surface area contributed by atoms with Crippen LogP contribution in [0.2, 0.25) is 0 Å². The highest BCUT2D eigenvalue weighted by Gasteiger charge is 2.48. The van der Waals surface area contributed by atoms with Crippen molar-refractivity contribution in [3.8, 4) is 5.75 Å². The smallest absolute Gasteiger partial charge is 0.325 e. The van der Waals surface area contributed by atoms with Crippen molar-refractivity contribution in [1.82, 2.24) is 15.5 Å². The second-order valence-corrected chi connectivity index (χ2v) is 6.90. The molecule has 7 heteroatoms. The van der Waals surface area contributed by atoms with Crippen LogP contribution in [0, 0.1) is 0 Å². The Balaban J connectivity index is 1.64. The van der Waals surface area contributed by atoms with Crippen LogP contribution in [0.25, 0.3) is 0 Å². The number of urea groups is 1. The number of rotatable bonds is 7. The molecule has 1 aliphatic rings. The van der Waals surface area contributed by atoms with Gasteiger partial charge in [0, 0.05) is 13.0 Å². The first-order chi connectivity index (χ1) is 13.4. The van der Waals surface area contributed by atoms with Crippen molar-refractivity contribution < 1.29 is 19.1 Å². The maximum atomic E-state index is 12.9. The lowest BCUT2D eigenvalue weighted by Gasteiger charge is -2.22. The summed E-state index contributed by atoms with van der Waals surface area (Å²) in [6.07, 6.45) is 0.268. The van der Waals surface area contributed by atoms with E-state index in [2.05, 4.69) is 10.6 Å². The number of hydrogen-bond acceptors (Lipinski definition) is 4. The summed E-state index contributed by atoms with van der Waals surface area (Å²) in [7, 11) is 1.56. The zero-order valence-electron chi connectivity index (χ0n) is 15.9. The maximum Gasteiger partial charge on any atom is 0.325 e. The third kappa shape index (κ3) is 4.14. The number of benzene rings is 2. The molecule has 0 spiro atoms. The van der Waals surface area contributed by atoms with E-state index in [9.17, 15) is 14.4 Å². The van der Waals surface area contributed by atoms with Crippen LogP contribution in [0.15, 0.2) is 54.6 Å². The summed E-state index contributed by atoms with van der Waals surface area (Å²) >= 11 is 0. The molecule has 1 saturated heterocycles. The number of nitrogens with one attached hydrogen (secondary N) is 2. The van der Waals surface area contributed by atoms with E-state index in [-0.39, 0.29) is 13.0 Å². The number of methoxy groups -OCH3 is 1. The highest BCUT2D eigenvalue weighted by atomic mass is 16.5. The van der Waals surface area contributed by atoms with Crippen molar-refractivity contribution >= 4 is 17.8 Å². The van der Waals surface area contributed by atoms with Gasteiger partial charge in [0.15, 0.2) is 0 Å². The van der Waals surface area contributed by atoms with Crippen LogP contribution in [0.4, 0.5) is 4.79 Å². The standard InChI is InChI=1S/C21H23N3O4/c1-21(12-16-10-6-7-11-17(16)28-2)19(26)24(20(27)23-21)14-18(25)22-13-15-8-4-3-5-9-15/h3-11H,12-14H2,1-2H3,(H,22,25)(H,23,27). The van der Waals surface area contributed by atoms with Gasteiger partial charge in [0.2, 0.25) is 5.91 Å². The summed E-state index contributed by atoms with van der Waals surface area (Å²) in [5.74, 6) is -0.183. The van der Waals surface area contributed by atoms with Gasteiger partial charge in [-0.1, -0.05) is 48.5 Å². The van der Waals surface area contributed by atoms with Crippen molar-refractivity contribution in [3.05, 3.63) is 65.7 Å². The molecule has 1 unspecified atom stereocenters. The Labute approximate surface area is 163 Å². The average molecular weight is 381 g/mol. The molecule has 3 rings (SSSR count). The topological polar surface area (TPSA) is 87.7 Å². The van der Waals surface area contributed by atoms with Gasteiger partial charge in [-0.2, -0.15) is 0 Å². The second-order valence-electron chi connectivity index (χ2n) is 6.90. The normalized spacial score (nSPS) is 18.7. The minimum atomic E-state index is -1.13. The quantitative estimate of drug-likeness (QED) is 0.717. The van der Waals surface area contributed by atoms with Crippen molar-refractivity contribution in [2.75, 3.05) is 13.7 Å². The molecular formula is C21H23N3O4. The fraction of sp³-hybridized carbons (Fsp3) is 0.286. The highest BCUT2D eigenvalue weighted by Crippen LogP contribution is 2.27. The van der Waals surface area contributed by atoms with Gasteiger partial charge in [-0.25, -0.2) is 4.79 Å². The lowest BCUT2D eigenvalue weighted by atomic mass is 9.92. The summed E-state index contributed by atoms with van der Waals surface area (Å²) in [6, 6.07) is 16.2. The van der Waals surface area contributed by atoms with E-state index in [1.165, 1.54) is 0 Å². The molecule has 1 aliphatic heterocycles. The molecule has 0 bridgehead atoms. The molecule has 1 fully saturated rings. The number of nitrogens with zero attached hydrogens (tertiary/aromatic N) is 1. The molecule has 4 amide bonds. The predicted octanol–water partition coefficient (Wildman–Crippen LogP) is 1.86. The Hall–Kier alpha value is -3.35. The molecule has 2 aromatic carbocycles. The average Bonchev–Trinajstić information content (AvgIpc) is 2.90. The molecule has 2 aromatic rings. The summed E-state index contributed by atoms with van der Waals surface area (Å²) < 4.78 is 5.33. The van der Waals surface area contributed by atoms with Crippen LogP contribution in [0.1, 0.15) is 18.1 Å². The number of carbonyl (C=O) groups excluding carboxylic acids is 3. The molecular weight excluding hydrogens is 358 g/mol. The first kappa shape index (κ1) is 19.4. The van der Waals surface area contributed by atoms with Crippen molar-refractivity contribution in [3.63, 3.8) is 0 Å². The summed E-state index contributed by atoms with van der Waals surface area (Å²) in [5.41, 5.74) is 0.608. The van der Waals surface area contributed by atoms with E-state index in [1.54, 1.807) is 20.1 Å². The predicted molar refractivity (Wildman–Crippen MR) is 104 cm³/mol. The zero-order chi connectivity index (χ0) is 20.1. The van der Waals surface area contributed by atoms with Crippen LogP contribution < -0.4 is 15.4 Å². The van der Waals surface area contributed by atoms with E-state index in [4.69, 9.17) is 4.74 Å². The van der Waals surface area contributed by atoms with E-state index < -0.39 is 23.4 Å². The Morgan fingerprint density at radius 2 is 1.79 bits per heavy atom. The molecule has 2 N–H and O–H groups in total.